The summed E-state index contributed by atoms with van der Waals surface area (Å²) >= 11 is 5.75. The number of aromatic amines is 1. The second-order valence-corrected chi connectivity index (χ2v) is 5.73. The Balaban J connectivity index is 1.84. The molecule has 4 nitrogen and oxygen atoms in total. The van der Waals surface area contributed by atoms with Gasteiger partial charge in [0.25, 0.3) is 5.56 Å². The summed E-state index contributed by atoms with van der Waals surface area (Å²) in [5, 5.41) is 0.0905. The molecule has 3 rings (SSSR count). The minimum atomic E-state index is -0.499. The van der Waals surface area contributed by atoms with Crippen LogP contribution in [0.1, 0.15) is 25.7 Å². The molecule has 2 bridgehead atoms. The summed E-state index contributed by atoms with van der Waals surface area (Å²) in [6, 6.07) is 0. The molecule has 0 saturated heterocycles. The second kappa shape index (κ2) is 4.02. The van der Waals surface area contributed by atoms with Gasteiger partial charge in [0.05, 0.1) is 0 Å². The fourth-order valence-electron chi connectivity index (χ4n) is 3.47. The Labute approximate surface area is 104 Å². The van der Waals surface area contributed by atoms with Gasteiger partial charge >= 0.3 is 5.69 Å². The van der Waals surface area contributed by atoms with Crippen LogP contribution >= 0.6 is 11.6 Å². The number of fused-ring (bicyclic) bond motifs is 2. The average Bonchev–Trinajstić information content (AvgIpc) is 2.87. The molecule has 1 aromatic rings. The number of H-pyrrole nitrogens is 1. The van der Waals surface area contributed by atoms with Crippen LogP contribution in [-0.4, -0.2) is 9.55 Å². The molecule has 1 N–H and O–H groups in total. The Morgan fingerprint density at radius 1 is 1.35 bits per heavy atom. The minimum absolute atomic E-state index is 0.0905. The maximum Gasteiger partial charge on any atom is 0.328 e. The monoisotopic (exact) mass is 254 g/mol. The summed E-state index contributed by atoms with van der Waals surface area (Å²) in [5.74, 6) is 2.20. The van der Waals surface area contributed by atoms with E-state index in [-0.39, 0.29) is 10.7 Å². The van der Waals surface area contributed by atoms with Crippen molar-refractivity contribution in [3.63, 3.8) is 0 Å². The molecule has 0 radical (unpaired) electrons. The van der Waals surface area contributed by atoms with E-state index in [1.165, 1.54) is 31.9 Å². The molecular formula is C12H15ClN2O2. The van der Waals surface area contributed by atoms with E-state index in [2.05, 4.69) is 4.98 Å². The van der Waals surface area contributed by atoms with Gasteiger partial charge in [0.2, 0.25) is 0 Å². The van der Waals surface area contributed by atoms with Crippen molar-refractivity contribution in [2.24, 2.45) is 17.8 Å². The molecule has 5 heteroatoms. The van der Waals surface area contributed by atoms with E-state index in [0.717, 1.165) is 11.8 Å². The molecule has 0 spiro atoms. The van der Waals surface area contributed by atoms with Crippen LogP contribution in [0.5, 0.6) is 0 Å². The molecule has 92 valence electrons. The first-order chi connectivity index (χ1) is 8.13. The number of rotatable bonds is 2. The first-order valence-corrected chi connectivity index (χ1v) is 6.50. The van der Waals surface area contributed by atoms with Crippen molar-refractivity contribution >= 4 is 11.6 Å². The molecule has 2 fully saturated rings. The first kappa shape index (κ1) is 11.1. The predicted octanol–water partition coefficient (Wildman–Crippen LogP) is 1.63. The zero-order valence-electron chi connectivity index (χ0n) is 9.49. The summed E-state index contributed by atoms with van der Waals surface area (Å²) in [7, 11) is 0. The third kappa shape index (κ3) is 1.95. The normalized spacial score (nSPS) is 31.0. The van der Waals surface area contributed by atoms with Crippen LogP contribution in [0.2, 0.25) is 5.02 Å². The van der Waals surface area contributed by atoms with Crippen molar-refractivity contribution < 1.29 is 0 Å². The van der Waals surface area contributed by atoms with E-state index in [0.29, 0.717) is 12.5 Å². The molecule has 1 heterocycles. The highest BCUT2D eigenvalue weighted by Crippen LogP contribution is 2.48. The maximum absolute atomic E-state index is 11.6. The Hall–Kier alpha value is -1.03. The molecule has 0 aliphatic heterocycles. The second-order valence-electron chi connectivity index (χ2n) is 5.32. The molecule has 3 atom stereocenters. The Kier molecular flexibility index (Phi) is 2.62. The van der Waals surface area contributed by atoms with Gasteiger partial charge in [0.1, 0.15) is 5.02 Å². The van der Waals surface area contributed by atoms with E-state index < -0.39 is 5.56 Å². The van der Waals surface area contributed by atoms with Crippen molar-refractivity contribution in [3.05, 3.63) is 32.1 Å². The lowest BCUT2D eigenvalue weighted by Crippen LogP contribution is -2.32. The van der Waals surface area contributed by atoms with Gasteiger partial charge in [-0.25, -0.2) is 4.79 Å². The largest absolute Gasteiger partial charge is 0.328 e. The summed E-state index contributed by atoms with van der Waals surface area (Å²) < 4.78 is 1.55. The smallest absolute Gasteiger partial charge is 0.299 e. The number of hydrogen-bond donors (Lipinski definition) is 1. The fraction of sp³-hybridized carbons (Fsp3) is 0.667. The van der Waals surface area contributed by atoms with Crippen LogP contribution in [0.4, 0.5) is 0 Å². The standard InChI is InChI=1S/C12H15ClN2O2/c13-10-6-15(12(17)14-11(10)16)5-9-4-7-1-2-8(9)3-7/h6-9H,1-5H2,(H,14,16,17). The molecule has 2 saturated carbocycles. The molecule has 3 unspecified atom stereocenters. The van der Waals surface area contributed by atoms with Crippen LogP contribution in [-0.2, 0) is 6.54 Å². The summed E-state index contributed by atoms with van der Waals surface area (Å²) in [6.45, 7) is 0.691. The molecule has 2 aliphatic rings. The lowest BCUT2D eigenvalue weighted by molar-refractivity contribution is 0.291. The molecule has 17 heavy (non-hydrogen) atoms. The van der Waals surface area contributed by atoms with E-state index in [9.17, 15) is 9.59 Å². The molecule has 0 amide bonds. The number of hydrogen-bond acceptors (Lipinski definition) is 2. The Morgan fingerprint density at radius 2 is 2.18 bits per heavy atom. The van der Waals surface area contributed by atoms with Crippen LogP contribution in [0.15, 0.2) is 15.8 Å². The van der Waals surface area contributed by atoms with Gasteiger partial charge in [0.15, 0.2) is 0 Å². The van der Waals surface area contributed by atoms with Crippen molar-refractivity contribution in [3.8, 4) is 0 Å². The topological polar surface area (TPSA) is 54.9 Å². The van der Waals surface area contributed by atoms with E-state index in [1.807, 2.05) is 0 Å². The highest BCUT2D eigenvalue weighted by molar-refractivity contribution is 6.30. The number of nitrogens with zero attached hydrogens (tertiary/aromatic N) is 1. The quantitative estimate of drug-likeness (QED) is 0.872. The zero-order valence-corrected chi connectivity index (χ0v) is 10.2. The van der Waals surface area contributed by atoms with Crippen LogP contribution in [0.25, 0.3) is 0 Å². The average molecular weight is 255 g/mol. The summed E-state index contributed by atoms with van der Waals surface area (Å²) in [4.78, 5) is 25.0. The highest BCUT2D eigenvalue weighted by Gasteiger charge is 2.39. The summed E-state index contributed by atoms with van der Waals surface area (Å²) in [6.07, 6.45) is 6.64. The van der Waals surface area contributed by atoms with E-state index in [4.69, 9.17) is 11.6 Å². The maximum atomic E-state index is 11.6. The van der Waals surface area contributed by atoms with Crippen molar-refractivity contribution in [1.82, 2.24) is 9.55 Å². The molecule has 1 aromatic heterocycles. The number of nitrogens with one attached hydrogen (secondary N) is 1. The van der Waals surface area contributed by atoms with Gasteiger partial charge in [-0.15, -0.1) is 0 Å². The Morgan fingerprint density at radius 3 is 2.82 bits per heavy atom. The zero-order chi connectivity index (χ0) is 12.0. The lowest BCUT2D eigenvalue weighted by Gasteiger charge is -2.22. The third-order valence-corrected chi connectivity index (χ3v) is 4.55. The fourth-order valence-corrected chi connectivity index (χ4v) is 3.64. The first-order valence-electron chi connectivity index (χ1n) is 6.13. The summed E-state index contributed by atoms with van der Waals surface area (Å²) in [5.41, 5.74) is -0.844. The molecule has 2 aliphatic carbocycles. The van der Waals surface area contributed by atoms with Gasteiger partial charge in [-0.2, -0.15) is 0 Å². The van der Waals surface area contributed by atoms with Gasteiger partial charge in [-0.05, 0) is 37.0 Å². The highest BCUT2D eigenvalue weighted by atomic mass is 35.5. The molecular weight excluding hydrogens is 240 g/mol. The van der Waals surface area contributed by atoms with Crippen molar-refractivity contribution in [2.75, 3.05) is 0 Å². The van der Waals surface area contributed by atoms with Crippen LogP contribution in [0.3, 0.4) is 0 Å². The SMILES string of the molecule is O=c1[nH]c(=O)n(CC2CC3CCC2C3)cc1Cl. The van der Waals surface area contributed by atoms with E-state index >= 15 is 0 Å². The lowest BCUT2D eigenvalue weighted by atomic mass is 9.89. The van der Waals surface area contributed by atoms with Gasteiger partial charge < -0.3 is 0 Å². The van der Waals surface area contributed by atoms with Gasteiger partial charge in [-0.3, -0.25) is 14.3 Å². The van der Waals surface area contributed by atoms with E-state index in [1.54, 1.807) is 4.57 Å². The number of aromatic nitrogens is 2. The van der Waals surface area contributed by atoms with Gasteiger partial charge in [0, 0.05) is 12.7 Å². The van der Waals surface area contributed by atoms with Gasteiger partial charge in [-0.1, -0.05) is 18.0 Å². The van der Waals surface area contributed by atoms with Crippen LogP contribution < -0.4 is 11.2 Å². The van der Waals surface area contributed by atoms with Crippen molar-refractivity contribution in [2.45, 2.75) is 32.2 Å². The third-order valence-electron chi connectivity index (χ3n) is 4.28. The van der Waals surface area contributed by atoms with Crippen LogP contribution in [0, 0.1) is 17.8 Å². The predicted molar refractivity (Wildman–Crippen MR) is 65.3 cm³/mol. The molecule has 0 aromatic carbocycles. The minimum Gasteiger partial charge on any atom is -0.299 e. The van der Waals surface area contributed by atoms with Crippen molar-refractivity contribution in [1.29, 1.82) is 0 Å². The number of halogens is 1. The Bertz CT molecular complexity index is 548.